The van der Waals surface area contributed by atoms with Crippen molar-refractivity contribution in [2.45, 2.75) is 45.9 Å². The molecule has 1 aliphatic rings. The summed E-state index contributed by atoms with van der Waals surface area (Å²) in [4.78, 5) is 26.0. The predicted molar refractivity (Wildman–Crippen MR) is 92.2 cm³/mol. The van der Waals surface area contributed by atoms with Crippen molar-refractivity contribution in [3.63, 3.8) is 0 Å². The third-order valence-electron chi connectivity index (χ3n) is 4.32. The molecule has 1 saturated heterocycles. The van der Waals surface area contributed by atoms with Crippen molar-refractivity contribution in [2.75, 3.05) is 6.61 Å². The van der Waals surface area contributed by atoms with E-state index in [0.717, 1.165) is 0 Å². The normalized spacial score (nSPS) is 23.2. The summed E-state index contributed by atoms with van der Waals surface area (Å²) in [5, 5.41) is 0.886. The molecular weight excluding hydrogens is 353 g/mol. The molecule has 1 aliphatic heterocycles. The van der Waals surface area contributed by atoms with Crippen molar-refractivity contribution >= 4 is 35.3 Å². The smallest absolute Gasteiger partial charge is 0.435 e. The van der Waals surface area contributed by atoms with Crippen molar-refractivity contribution in [1.82, 2.24) is 4.90 Å². The number of rotatable bonds is 4. The highest BCUT2D eigenvalue weighted by Gasteiger charge is 2.41. The minimum Gasteiger partial charge on any atom is -0.435 e. The van der Waals surface area contributed by atoms with Gasteiger partial charge < -0.3 is 14.4 Å². The fourth-order valence-electron chi connectivity index (χ4n) is 2.86. The van der Waals surface area contributed by atoms with Gasteiger partial charge in [-0.15, -0.1) is 0 Å². The summed E-state index contributed by atoms with van der Waals surface area (Å²) in [6.45, 7) is 5.87. The van der Waals surface area contributed by atoms with Crippen molar-refractivity contribution < 1.29 is 19.1 Å². The third-order valence-corrected chi connectivity index (χ3v) is 5.03. The van der Waals surface area contributed by atoms with Gasteiger partial charge in [0.25, 0.3) is 0 Å². The van der Waals surface area contributed by atoms with Crippen molar-refractivity contribution in [3.8, 4) is 0 Å². The van der Waals surface area contributed by atoms with Crippen LogP contribution in [0.4, 0.5) is 4.79 Å². The molecule has 1 fully saturated rings. The van der Waals surface area contributed by atoms with Crippen molar-refractivity contribution in [3.05, 3.63) is 33.8 Å². The van der Waals surface area contributed by atoms with Crippen LogP contribution in [0.25, 0.3) is 0 Å². The van der Waals surface area contributed by atoms with E-state index < -0.39 is 12.4 Å². The maximum Gasteiger partial charge on any atom is 0.510 e. The average Bonchev–Trinajstić information content (AvgIpc) is 2.78. The van der Waals surface area contributed by atoms with Crippen LogP contribution in [0.2, 0.25) is 10.0 Å². The summed E-state index contributed by atoms with van der Waals surface area (Å²) >= 11 is 12.3. The highest BCUT2D eigenvalue weighted by Crippen LogP contribution is 2.32. The number of ether oxygens (including phenoxy) is 2. The summed E-state index contributed by atoms with van der Waals surface area (Å²) in [7, 11) is 0. The van der Waals surface area contributed by atoms with E-state index in [4.69, 9.17) is 32.7 Å². The molecule has 1 aromatic rings. The molecule has 0 spiro atoms. The first-order chi connectivity index (χ1) is 11.3. The summed E-state index contributed by atoms with van der Waals surface area (Å²) in [6.07, 6.45) is -0.777. The Morgan fingerprint density at radius 1 is 1.25 bits per heavy atom. The van der Waals surface area contributed by atoms with E-state index in [1.54, 1.807) is 30.0 Å². The van der Waals surface area contributed by atoms with E-state index in [1.165, 1.54) is 0 Å². The molecule has 132 valence electrons. The SMILES string of the molecule is CCOC(=O)OC1CC(C)C(C)N1C(=O)Cc1c(Cl)cccc1Cl. The van der Waals surface area contributed by atoms with Gasteiger partial charge in [-0.25, -0.2) is 4.79 Å². The van der Waals surface area contributed by atoms with E-state index in [1.807, 2.05) is 13.8 Å². The van der Waals surface area contributed by atoms with E-state index in [9.17, 15) is 9.59 Å². The maximum atomic E-state index is 12.8. The highest BCUT2D eigenvalue weighted by molar-refractivity contribution is 6.36. The molecule has 3 unspecified atom stereocenters. The molecule has 1 aromatic carbocycles. The summed E-state index contributed by atoms with van der Waals surface area (Å²) in [6, 6.07) is 5.06. The van der Waals surface area contributed by atoms with Crippen molar-refractivity contribution in [2.24, 2.45) is 5.92 Å². The number of hydrogen-bond donors (Lipinski definition) is 0. The molecule has 0 saturated carbocycles. The fourth-order valence-corrected chi connectivity index (χ4v) is 3.40. The van der Waals surface area contributed by atoms with Crippen LogP contribution in [-0.2, 0) is 20.7 Å². The molecule has 7 heteroatoms. The molecule has 0 aliphatic carbocycles. The Hall–Kier alpha value is -1.46. The molecule has 0 radical (unpaired) electrons. The lowest BCUT2D eigenvalue weighted by molar-refractivity contribution is -0.141. The number of benzene rings is 1. The maximum absolute atomic E-state index is 12.8. The van der Waals surface area contributed by atoms with Gasteiger partial charge in [-0.3, -0.25) is 4.79 Å². The molecule has 1 heterocycles. The first-order valence-corrected chi connectivity index (χ1v) is 8.68. The predicted octanol–water partition coefficient (Wildman–Crippen LogP) is 4.29. The van der Waals surface area contributed by atoms with E-state index >= 15 is 0 Å². The number of hydrogen-bond acceptors (Lipinski definition) is 4. The zero-order chi connectivity index (χ0) is 17.9. The zero-order valence-corrected chi connectivity index (χ0v) is 15.4. The van der Waals surface area contributed by atoms with Gasteiger partial charge in [0, 0.05) is 22.5 Å². The quantitative estimate of drug-likeness (QED) is 0.738. The summed E-state index contributed by atoms with van der Waals surface area (Å²) < 4.78 is 10.1. The largest absolute Gasteiger partial charge is 0.510 e. The number of carbonyl (C=O) groups excluding carboxylic acids is 2. The van der Waals surface area contributed by atoms with Crippen LogP contribution in [-0.4, -0.2) is 35.8 Å². The highest BCUT2D eigenvalue weighted by atomic mass is 35.5. The lowest BCUT2D eigenvalue weighted by Gasteiger charge is -2.28. The van der Waals surface area contributed by atoms with Crippen LogP contribution in [0.15, 0.2) is 18.2 Å². The Labute approximate surface area is 151 Å². The summed E-state index contributed by atoms with van der Waals surface area (Å²) in [5.41, 5.74) is 0.576. The molecule has 2 rings (SSSR count). The molecule has 0 aromatic heterocycles. The molecule has 0 N–H and O–H groups in total. The zero-order valence-electron chi connectivity index (χ0n) is 13.9. The number of nitrogens with zero attached hydrogens (tertiary/aromatic N) is 1. The Kier molecular flexibility index (Phi) is 6.35. The lowest BCUT2D eigenvalue weighted by Crippen LogP contribution is -2.43. The van der Waals surface area contributed by atoms with Gasteiger partial charge >= 0.3 is 6.16 Å². The van der Waals surface area contributed by atoms with Gasteiger partial charge in [-0.05, 0) is 37.5 Å². The van der Waals surface area contributed by atoms with Crippen LogP contribution in [0.3, 0.4) is 0 Å². The minimum absolute atomic E-state index is 0.0538. The molecule has 24 heavy (non-hydrogen) atoms. The first kappa shape index (κ1) is 18.9. The first-order valence-electron chi connectivity index (χ1n) is 7.92. The number of likely N-dealkylation sites (tertiary alicyclic amines) is 1. The monoisotopic (exact) mass is 373 g/mol. The van der Waals surface area contributed by atoms with Gasteiger partial charge in [0.15, 0.2) is 6.23 Å². The standard InChI is InChI=1S/C17H21Cl2NO4/c1-4-23-17(22)24-16-8-10(2)11(3)20(16)15(21)9-12-13(18)6-5-7-14(12)19/h5-7,10-11,16H,4,8-9H2,1-3H3. The summed E-state index contributed by atoms with van der Waals surface area (Å²) in [5.74, 6) is 0.0197. The molecule has 1 amide bonds. The van der Waals surface area contributed by atoms with Crippen LogP contribution in [0, 0.1) is 5.92 Å². The Morgan fingerprint density at radius 3 is 2.46 bits per heavy atom. The van der Waals surface area contributed by atoms with Crippen molar-refractivity contribution in [1.29, 1.82) is 0 Å². The Morgan fingerprint density at radius 2 is 1.88 bits per heavy atom. The topological polar surface area (TPSA) is 55.8 Å². The number of halogens is 2. The lowest BCUT2D eigenvalue weighted by atomic mass is 10.0. The number of amides is 1. The van der Waals surface area contributed by atoms with Gasteiger partial charge in [0.1, 0.15) is 0 Å². The second-order valence-corrected chi connectivity index (χ2v) is 6.70. The Balaban J connectivity index is 2.16. The van der Waals surface area contributed by atoms with Gasteiger partial charge in [0.05, 0.1) is 13.0 Å². The minimum atomic E-state index is -0.766. The molecule has 0 bridgehead atoms. The van der Waals surface area contributed by atoms with Gasteiger partial charge in [0.2, 0.25) is 5.91 Å². The van der Waals surface area contributed by atoms with Gasteiger partial charge in [-0.2, -0.15) is 0 Å². The van der Waals surface area contributed by atoms with Gasteiger partial charge in [-0.1, -0.05) is 36.2 Å². The van der Waals surface area contributed by atoms with E-state index in [0.29, 0.717) is 22.0 Å². The second kappa shape index (κ2) is 8.08. The van der Waals surface area contributed by atoms with Crippen LogP contribution >= 0.6 is 23.2 Å². The fraction of sp³-hybridized carbons (Fsp3) is 0.529. The van der Waals surface area contributed by atoms with E-state index in [2.05, 4.69) is 0 Å². The van der Waals surface area contributed by atoms with Crippen LogP contribution in [0.1, 0.15) is 32.8 Å². The Bertz CT molecular complexity index is 602. The van der Waals surface area contributed by atoms with E-state index in [-0.39, 0.29) is 30.9 Å². The van der Waals surface area contributed by atoms with Crippen LogP contribution < -0.4 is 0 Å². The average molecular weight is 374 g/mol. The molecular formula is C17H21Cl2NO4. The number of carbonyl (C=O) groups is 2. The molecule has 3 atom stereocenters. The van der Waals surface area contributed by atoms with Crippen LogP contribution in [0.5, 0.6) is 0 Å². The third kappa shape index (κ3) is 4.14. The second-order valence-electron chi connectivity index (χ2n) is 5.89. The molecule has 5 nitrogen and oxygen atoms in total.